The van der Waals surface area contributed by atoms with Crippen molar-refractivity contribution in [2.75, 3.05) is 0 Å². The largest absolute Gasteiger partial charge is 0.303 e. The van der Waals surface area contributed by atoms with Crippen molar-refractivity contribution >= 4 is 6.29 Å². The Morgan fingerprint density at radius 3 is 2.93 bits per heavy atom. The second kappa shape index (κ2) is 3.95. The van der Waals surface area contributed by atoms with Gasteiger partial charge in [0, 0.05) is 6.42 Å². The normalized spacial score (nSPS) is 19.4. The van der Waals surface area contributed by atoms with Crippen molar-refractivity contribution in [2.45, 2.75) is 32.6 Å². The molecule has 0 radical (unpaired) electrons. The molecule has 0 bridgehead atoms. The van der Waals surface area contributed by atoms with Gasteiger partial charge in [0.05, 0.1) is 0 Å². The van der Waals surface area contributed by atoms with Gasteiger partial charge in [0.2, 0.25) is 0 Å². The molecule has 1 atom stereocenters. The van der Waals surface area contributed by atoms with E-state index in [9.17, 15) is 4.79 Å². The monoisotopic (exact) mass is 188 g/mol. The van der Waals surface area contributed by atoms with Crippen molar-refractivity contribution in [1.82, 2.24) is 0 Å². The second-order valence-corrected chi connectivity index (χ2v) is 4.32. The van der Waals surface area contributed by atoms with E-state index in [0.717, 1.165) is 18.6 Å². The summed E-state index contributed by atoms with van der Waals surface area (Å²) in [7, 11) is 0. The molecule has 0 amide bonds. The lowest BCUT2D eigenvalue weighted by atomic mass is 10.0. The highest BCUT2D eigenvalue weighted by molar-refractivity contribution is 5.50. The minimum absolute atomic E-state index is 0.647. The van der Waals surface area contributed by atoms with Gasteiger partial charge < -0.3 is 4.79 Å². The minimum atomic E-state index is 0.647. The average Bonchev–Trinajstić information content (AvgIpc) is 2.54. The van der Waals surface area contributed by atoms with Crippen LogP contribution in [0.2, 0.25) is 0 Å². The summed E-state index contributed by atoms with van der Waals surface area (Å²) in [6.07, 6.45) is 4.98. The van der Waals surface area contributed by atoms with Crippen LogP contribution in [0.5, 0.6) is 0 Å². The highest BCUT2D eigenvalue weighted by atomic mass is 16.1. The molecule has 1 aliphatic carbocycles. The fourth-order valence-corrected chi connectivity index (χ4v) is 2.27. The van der Waals surface area contributed by atoms with Gasteiger partial charge in [-0.15, -0.1) is 0 Å². The Labute approximate surface area is 85.1 Å². The van der Waals surface area contributed by atoms with Gasteiger partial charge in [-0.1, -0.05) is 25.1 Å². The van der Waals surface area contributed by atoms with Crippen LogP contribution in [0, 0.1) is 5.92 Å². The average molecular weight is 188 g/mol. The quantitative estimate of drug-likeness (QED) is 0.666. The molecule has 0 saturated heterocycles. The molecule has 0 aromatic heterocycles. The summed E-state index contributed by atoms with van der Waals surface area (Å²) in [6.45, 7) is 2.30. The van der Waals surface area contributed by atoms with Crippen LogP contribution in [-0.4, -0.2) is 6.29 Å². The fourth-order valence-electron chi connectivity index (χ4n) is 2.27. The van der Waals surface area contributed by atoms with E-state index in [0.29, 0.717) is 6.42 Å². The fraction of sp³-hybridized carbons (Fsp3) is 0.462. The molecule has 1 aromatic rings. The Bertz CT molecular complexity index is 341. The lowest BCUT2D eigenvalue weighted by molar-refractivity contribution is -0.107. The molecule has 74 valence electrons. The highest BCUT2D eigenvalue weighted by Crippen LogP contribution is 2.27. The Morgan fingerprint density at radius 1 is 1.36 bits per heavy atom. The number of rotatable bonds is 3. The maximum Gasteiger partial charge on any atom is 0.120 e. The molecule has 0 aliphatic heterocycles. The number of aryl methyl sites for hydroxylation is 1. The molecule has 2 rings (SSSR count). The highest BCUT2D eigenvalue weighted by Gasteiger charge is 2.17. The molecular weight excluding hydrogens is 172 g/mol. The van der Waals surface area contributed by atoms with E-state index in [-0.39, 0.29) is 0 Å². The summed E-state index contributed by atoms with van der Waals surface area (Å²) in [4.78, 5) is 10.3. The third kappa shape index (κ3) is 1.87. The molecule has 1 aliphatic rings. The summed E-state index contributed by atoms with van der Waals surface area (Å²) >= 11 is 0. The van der Waals surface area contributed by atoms with Crippen LogP contribution in [0.25, 0.3) is 0 Å². The van der Waals surface area contributed by atoms with Crippen molar-refractivity contribution in [3.05, 3.63) is 34.9 Å². The third-order valence-electron chi connectivity index (χ3n) is 2.96. The van der Waals surface area contributed by atoms with Crippen LogP contribution in [-0.2, 0) is 24.1 Å². The van der Waals surface area contributed by atoms with Gasteiger partial charge in [-0.2, -0.15) is 0 Å². The number of fused-ring (bicyclic) bond motifs is 1. The summed E-state index contributed by atoms with van der Waals surface area (Å²) in [5.41, 5.74) is 4.32. The van der Waals surface area contributed by atoms with Crippen LogP contribution in [0.15, 0.2) is 18.2 Å². The van der Waals surface area contributed by atoms with Crippen molar-refractivity contribution in [3.63, 3.8) is 0 Å². The molecule has 0 spiro atoms. The molecule has 1 aromatic carbocycles. The smallest absolute Gasteiger partial charge is 0.120 e. The van der Waals surface area contributed by atoms with E-state index in [1.807, 2.05) is 0 Å². The summed E-state index contributed by atoms with van der Waals surface area (Å²) in [5, 5.41) is 0. The maximum absolute atomic E-state index is 10.3. The SMILES string of the molecule is CC1Cc2ccc(CCC=O)cc2C1. The van der Waals surface area contributed by atoms with E-state index in [1.165, 1.54) is 29.5 Å². The third-order valence-corrected chi connectivity index (χ3v) is 2.96. The molecule has 14 heavy (non-hydrogen) atoms. The molecule has 1 nitrogen and oxygen atoms in total. The van der Waals surface area contributed by atoms with Crippen molar-refractivity contribution in [3.8, 4) is 0 Å². The molecular formula is C13H16O. The molecule has 0 saturated carbocycles. The predicted molar refractivity (Wildman–Crippen MR) is 57.4 cm³/mol. The lowest BCUT2D eigenvalue weighted by Crippen LogP contribution is -1.90. The summed E-state index contributed by atoms with van der Waals surface area (Å²) < 4.78 is 0. The first kappa shape index (κ1) is 9.45. The molecule has 1 unspecified atom stereocenters. The second-order valence-electron chi connectivity index (χ2n) is 4.32. The number of hydrogen-bond donors (Lipinski definition) is 0. The van der Waals surface area contributed by atoms with Crippen molar-refractivity contribution < 1.29 is 4.79 Å². The minimum Gasteiger partial charge on any atom is -0.303 e. The standard InChI is InChI=1S/C13H16O/c1-10-7-12-5-4-11(3-2-6-14)9-13(12)8-10/h4-6,9-10H,2-3,7-8H2,1H3. The van der Waals surface area contributed by atoms with Gasteiger partial charge in [-0.25, -0.2) is 0 Å². The first-order chi connectivity index (χ1) is 6.79. The molecule has 0 heterocycles. The zero-order valence-corrected chi connectivity index (χ0v) is 8.62. The number of aldehydes is 1. The van der Waals surface area contributed by atoms with Gasteiger partial charge in [0.1, 0.15) is 6.29 Å². The van der Waals surface area contributed by atoms with Crippen LogP contribution in [0.4, 0.5) is 0 Å². The topological polar surface area (TPSA) is 17.1 Å². The van der Waals surface area contributed by atoms with E-state index in [1.54, 1.807) is 0 Å². The first-order valence-electron chi connectivity index (χ1n) is 5.34. The van der Waals surface area contributed by atoms with Crippen molar-refractivity contribution in [2.24, 2.45) is 5.92 Å². The Balaban J connectivity index is 2.15. The maximum atomic E-state index is 10.3. The van der Waals surface area contributed by atoms with Crippen molar-refractivity contribution in [1.29, 1.82) is 0 Å². The van der Waals surface area contributed by atoms with Crippen LogP contribution in [0.3, 0.4) is 0 Å². The number of carbonyl (C=O) groups excluding carboxylic acids is 1. The summed E-state index contributed by atoms with van der Waals surface area (Å²) in [5.74, 6) is 0.798. The van der Waals surface area contributed by atoms with Crippen LogP contribution < -0.4 is 0 Å². The Kier molecular flexibility index (Phi) is 2.67. The van der Waals surface area contributed by atoms with E-state index in [4.69, 9.17) is 0 Å². The van der Waals surface area contributed by atoms with E-state index in [2.05, 4.69) is 25.1 Å². The van der Waals surface area contributed by atoms with E-state index >= 15 is 0 Å². The lowest BCUT2D eigenvalue weighted by Gasteiger charge is -2.02. The van der Waals surface area contributed by atoms with E-state index < -0.39 is 0 Å². The van der Waals surface area contributed by atoms with Gasteiger partial charge in [0.25, 0.3) is 0 Å². The van der Waals surface area contributed by atoms with Gasteiger partial charge >= 0.3 is 0 Å². The Morgan fingerprint density at radius 2 is 2.14 bits per heavy atom. The number of benzene rings is 1. The molecule has 0 fully saturated rings. The first-order valence-corrected chi connectivity index (χ1v) is 5.34. The van der Waals surface area contributed by atoms with Gasteiger partial charge in [-0.05, 0) is 41.9 Å². The Hall–Kier alpha value is -1.11. The molecule has 0 N–H and O–H groups in total. The predicted octanol–water partition coefficient (Wildman–Crippen LogP) is 2.55. The van der Waals surface area contributed by atoms with Gasteiger partial charge in [-0.3, -0.25) is 0 Å². The number of carbonyl (C=O) groups is 1. The van der Waals surface area contributed by atoms with Crippen LogP contribution in [0.1, 0.15) is 30.0 Å². The molecule has 1 heteroatoms. The summed E-state index contributed by atoms with van der Waals surface area (Å²) in [6, 6.07) is 6.68. The zero-order valence-electron chi connectivity index (χ0n) is 8.62. The zero-order chi connectivity index (χ0) is 9.97. The number of hydrogen-bond acceptors (Lipinski definition) is 1. The van der Waals surface area contributed by atoms with Crippen LogP contribution >= 0.6 is 0 Å². The van der Waals surface area contributed by atoms with Gasteiger partial charge in [0.15, 0.2) is 0 Å².